The van der Waals surface area contributed by atoms with Crippen LogP contribution in [0.4, 0.5) is 0 Å². The molecule has 0 spiro atoms. The van der Waals surface area contributed by atoms with Gasteiger partial charge in [0.05, 0.1) is 25.1 Å². The van der Waals surface area contributed by atoms with Crippen molar-refractivity contribution in [1.82, 2.24) is 14.9 Å². The average Bonchev–Trinajstić information content (AvgIpc) is 3.12. The van der Waals surface area contributed by atoms with Crippen LogP contribution in [0.3, 0.4) is 0 Å². The van der Waals surface area contributed by atoms with Crippen molar-refractivity contribution in [3.63, 3.8) is 0 Å². The zero-order valence-corrected chi connectivity index (χ0v) is 13.9. The quantitative estimate of drug-likeness (QED) is 0.822. The molecule has 1 aromatic carbocycles. The standard InChI is InChI=1S/C15H17N3O2S2/c1-20-12-3-2-4-13(7-12)22-10-14(19)16-8-11-9-18-5-6-21-15(18)17-11/h2-4,7,9H,5-6,8,10H2,1H3,(H,16,19). The number of aryl methyl sites for hydroxylation is 1. The Morgan fingerprint density at radius 3 is 3.27 bits per heavy atom. The molecular weight excluding hydrogens is 318 g/mol. The predicted molar refractivity (Wildman–Crippen MR) is 88.5 cm³/mol. The summed E-state index contributed by atoms with van der Waals surface area (Å²) in [6.07, 6.45) is 2.02. The maximum atomic E-state index is 11.9. The molecule has 7 heteroatoms. The Labute approximate surface area is 137 Å². The molecule has 2 aromatic rings. The number of rotatable bonds is 6. The molecule has 1 aliphatic rings. The van der Waals surface area contributed by atoms with Crippen LogP contribution in [0.5, 0.6) is 5.75 Å². The first-order valence-electron chi connectivity index (χ1n) is 6.97. The summed E-state index contributed by atoms with van der Waals surface area (Å²) in [7, 11) is 1.64. The van der Waals surface area contributed by atoms with Crippen molar-refractivity contribution >= 4 is 29.4 Å². The molecule has 0 saturated carbocycles. The average molecular weight is 335 g/mol. The molecule has 0 radical (unpaired) electrons. The fourth-order valence-electron chi connectivity index (χ4n) is 2.13. The number of benzene rings is 1. The monoisotopic (exact) mass is 335 g/mol. The number of methoxy groups -OCH3 is 1. The highest BCUT2D eigenvalue weighted by Gasteiger charge is 2.14. The number of fused-ring (bicyclic) bond motifs is 1. The van der Waals surface area contributed by atoms with Crippen molar-refractivity contribution in [2.45, 2.75) is 23.1 Å². The SMILES string of the molecule is COc1cccc(SCC(=O)NCc2cn3c(n2)SCC3)c1. The third kappa shape index (κ3) is 3.78. The predicted octanol–water partition coefficient (Wildman–Crippen LogP) is 2.41. The first-order valence-corrected chi connectivity index (χ1v) is 8.94. The number of nitrogens with one attached hydrogen (secondary N) is 1. The molecule has 0 saturated heterocycles. The van der Waals surface area contributed by atoms with Crippen molar-refractivity contribution in [3.05, 3.63) is 36.2 Å². The second-order valence-corrected chi connectivity index (χ2v) is 6.91. The lowest BCUT2D eigenvalue weighted by Gasteiger charge is -2.05. The van der Waals surface area contributed by atoms with Gasteiger partial charge in [-0.05, 0) is 18.2 Å². The summed E-state index contributed by atoms with van der Waals surface area (Å²) in [5.74, 6) is 2.28. The zero-order chi connectivity index (χ0) is 15.4. The van der Waals surface area contributed by atoms with Gasteiger partial charge in [0.2, 0.25) is 5.91 Å². The first-order chi connectivity index (χ1) is 10.7. The van der Waals surface area contributed by atoms with Crippen molar-refractivity contribution in [3.8, 4) is 5.75 Å². The second-order valence-electron chi connectivity index (χ2n) is 4.80. The van der Waals surface area contributed by atoms with E-state index < -0.39 is 0 Å². The van der Waals surface area contributed by atoms with E-state index in [1.54, 1.807) is 18.9 Å². The van der Waals surface area contributed by atoms with Crippen molar-refractivity contribution < 1.29 is 9.53 Å². The summed E-state index contributed by atoms with van der Waals surface area (Å²) in [4.78, 5) is 17.4. The topological polar surface area (TPSA) is 56.1 Å². The summed E-state index contributed by atoms with van der Waals surface area (Å²) < 4.78 is 7.31. The van der Waals surface area contributed by atoms with Crippen LogP contribution in [0.15, 0.2) is 40.5 Å². The van der Waals surface area contributed by atoms with Crippen LogP contribution in [0.1, 0.15) is 5.69 Å². The van der Waals surface area contributed by atoms with Crippen molar-refractivity contribution in [1.29, 1.82) is 0 Å². The molecule has 5 nitrogen and oxygen atoms in total. The van der Waals surface area contributed by atoms with Crippen LogP contribution in [-0.2, 0) is 17.9 Å². The van der Waals surface area contributed by atoms with E-state index in [0.29, 0.717) is 12.3 Å². The molecule has 1 N–H and O–H groups in total. The highest BCUT2D eigenvalue weighted by molar-refractivity contribution is 8.00. The first kappa shape index (κ1) is 15.3. The molecule has 2 heterocycles. The molecule has 0 unspecified atom stereocenters. The third-order valence-electron chi connectivity index (χ3n) is 3.23. The van der Waals surface area contributed by atoms with Gasteiger partial charge in [0.1, 0.15) is 5.75 Å². The van der Waals surface area contributed by atoms with E-state index in [-0.39, 0.29) is 5.91 Å². The maximum absolute atomic E-state index is 11.9. The Bertz CT molecular complexity index is 651. The number of hydrogen-bond donors (Lipinski definition) is 1. The Morgan fingerprint density at radius 2 is 2.45 bits per heavy atom. The molecule has 3 rings (SSSR count). The molecule has 0 fully saturated rings. The van der Waals surface area contributed by atoms with E-state index in [0.717, 1.165) is 33.8 Å². The van der Waals surface area contributed by atoms with Crippen LogP contribution >= 0.6 is 23.5 Å². The lowest BCUT2D eigenvalue weighted by Crippen LogP contribution is -2.24. The van der Waals surface area contributed by atoms with E-state index in [9.17, 15) is 4.79 Å². The lowest BCUT2D eigenvalue weighted by molar-refractivity contribution is -0.118. The number of thioether (sulfide) groups is 2. The van der Waals surface area contributed by atoms with Crippen molar-refractivity contribution in [2.24, 2.45) is 0 Å². The minimum Gasteiger partial charge on any atom is -0.497 e. The van der Waals surface area contributed by atoms with Crippen LogP contribution in [0.2, 0.25) is 0 Å². The fraction of sp³-hybridized carbons (Fsp3) is 0.333. The maximum Gasteiger partial charge on any atom is 0.230 e. The Kier molecular flexibility index (Phi) is 4.94. The van der Waals surface area contributed by atoms with Gasteiger partial charge >= 0.3 is 0 Å². The Hall–Kier alpha value is -1.60. The van der Waals surface area contributed by atoms with Gasteiger partial charge in [0.25, 0.3) is 0 Å². The summed E-state index contributed by atoms with van der Waals surface area (Å²) in [5.41, 5.74) is 0.918. The van der Waals surface area contributed by atoms with E-state index >= 15 is 0 Å². The van der Waals surface area contributed by atoms with Gasteiger partial charge in [-0.25, -0.2) is 4.98 Å². The minimum atomic E-state index is 0.00799. The van der Waals surface area contributed by atoms with E-state index in [2.05, 4.69) is 14.9 Å². The largest absolute Gasteiger partial charge is 0.497 e. The van der Waals surface area contributed by atoms with Gasteiger partial charge < -0.3 is 14.6 Å². The van der Waals surface area contributed by atoms with Gasteiger partial charge in [-0.2, -0.15) is 0 Å². The summed E-state index contributed by atoms with van der Waals surface area (Å²) in [5, 5.41) is 3.96. The van der Waals surface area contributed by atoms with Gasteiger partial charge in [-0.1, -0.05) is 17.8 Å². The van der Waals surface area contributed by atoms with Crippen molar-refractivity contribution in [2.75, 3.05) is 18.6 Å². The number of amides is 1. The van der Waals surface area contributed by atoms with Crippen LogP contribution in [0.25, 0.3) is 0 Å². The molecule has 1 aromatic heterocycles. The lowest BCUT2D eigenvalue weighted by atomic mass is 10.3. The normalized spacial score (nSPS) is 13.0. The number of ether oxygens (including phenoxy) is 1. The van der Waals surface area contributed by atoms with Gasteiger partial charge in [0, 0.05) is 23.4 Å². The fourth-order valence-corrected chi connectivity index (χ4v) is 3.86. The Balaban J connectivity index is 1.45. The summed E-state index contributed by atoms with van der Waals surface area (Å²) >= 11 is 3.25. The van der Waals surface area contributed by atoms with Gasteiger partial charge in [-0.3, -0.25) is 4.79 Å². The van der Waals surface area contributed by atoms with E-state index in [4.69, 9.17) is 4.74 Å². The zero-order valence-electron chi connectivity index (χ0n) is 12.2. The molecule has 1 aliphatic heterocycles. The number of carbonyl (C=O) groups excluding carboxylic acids is 1. The number of aromatic nitrogens is 2. The molecule has 22 heavy (non-hydrogen) atoms. The second kappa shape index (κ2) is 7.11. The van der Waals surface area contributed by atoms with Crippen LogP contribution in [0, 0.1) is 0 Å². The molecular formula is C15H17N3O2S2. The van der Waals surface area contributed by atoms with E-state index in [1.165, 1.54) is 11.8 Å². The van der Waals surface area contributed by atoms with Crippen LogP contribution < -0.4 is 10.1 Å². The number of carbonyl (C=O) groups is 1. The number of nitrogens with zero attached hydrogens (tertiary/aromatic N) is 2. The highest BCUT2D eigenvalue weighted by atomic mass is 32.2. The Morgan fingerprint density at radius 1 is 1.55 bits per heavy atom. The van der Waals surface area contributed by atoms with Gasteiger partial charge in [0.15, 0.2) is 5.16 Å². The molecule has 116 valence electrons. The molecule has 0 aliphatic carbocycles. The van der Waals surface area contributed by atoms with E-state index in [1.807, 2.05) is 30.5 Å². The molecule has 1 amide bonds. The van der Waals surface area contributed by atoms with Crippen LogP contribution in [-0.4, -0.2) is 34.1 Å². The highest BCUT2D eigenvalue weighted by Crippen LogP contribution is 2.24. The smallest absolute Gasteiger partial charge is 0.230 e. The molecule has 0 bridgehead atoms. The summed E-state index contributed by atoms with van der Waals surface area (Å²) in [6.45, 7) is 1.49. The molecule has 0 atom stereocenters. The number of imidazole rings is 1. The minimum absolute atomic E-state index is 0.00799. The third-order valence-corrected chi connectivity index (χ3v) is 5.20. The van der Waals surface area contributed by atoms with Gasteiger partial charge in [-0.15, -0.1) is 11.8 Å². The number of hydrogen-bond acceptors (Lipinski definition) is 5. The summed E-state index contributed by atoms with van der Waals surface area (Å²) in [6, 6.07) is 7.70.